The summed E-state index contributed by atoms with van der Waals surface area (Å²) in [7, 11) is 0. The lowest BCUT2D eigenvalue weighted by molar-refractivity contribution is -0.159. The number of hydrogen-bond acceptors (Lipinski definition) is 3. The van der Waals surface area contributed by atoms with E-state index in [0.717, 1.165) is 25.7 Å². The van der Waals surface area contributed by atoms with Gasteiger partial charge in [-0.2, -0.15) is 0 Å². The van der Waals surface area contributed by atoms with Crippen LogP contribution in [-0.4, -0.2) is 27.9 Å². The van der Waals surface area contributed by atoms with E-state index in [4.69, 9.17) is 19.8 Å². The molecular formula is C8H12O5. The zero-order valence-corrected chi connectivity index (χ0v) is 7.15. The molecule has 1 saturated carbocycles. The van der Waals surface area contributed by atoms with Crippen LogP contribution in [-0.2, 0) is 14.4 Å². The van der Waals surface area contributed by atoms with Crippen molar-refractivity contribution in [3.63, 3.8) is 0 Å². The Labute approximate surface area is 75.4 Å². The normalized spacial score (nSPS) is 15.5. The number of Topliss-reactive ketones (excluding diaryl/α,β-unsaturated/α-hetero) is 1. The van der Waals surface area contributed by atoms with Crippen LogP contribution < -0.4 is 0 Å². The van der Waals surface area contributed by atoms with E-state index in [9.17, 15) is 4.79 Å². The lowest BCUT2D eigenvalue weighted by Gasteiger charge is -2.05. The fourth-order valence-corrected chi connectivity index (χ4v) is 0.946. The molecule has 0 aromatic rings. The highest BCUT2D eigenvalue weighted by molar-refractivity contribution is 6.27. The molecule has 0 spiro atoms. The van der Waals surface area contributed by atoms with Crippen molar-refractivity contribution in [3.8, 4) is 0 Å². The third kappa shape index (κ3) is 6.99. The summed E-state index contributed by atoms with van der Waals surface area (Å²) in [5.41, 5.74) is 0. The van der Waals surface area contributed by atoms with Gasteiger partial charge in [-0.05, 0) is 12.8 Å². The van der Waals surface area contributed by atoms with Gasteiger partial charge in [0.1, 0.15) is 5.78 Å². The van der Waals surface area contributed by atoms with Crippen LogP contribution in [0, 0.1) is 0 Å². The molecule has 0 bridgehead atoms. The number of ketones is 1. The highest BCUT2D eigenvalue weighted by Gasteiger charge is 2.06. The van der Waals surface area contributed by atoms with E-state index in [1.807, 2.05) is 0 Å². The Bertz CT molecular complexity index is 189. The standard InChI is InChI=1S/C6H10O.C2H2O4/c7-6-4-2-1-3-5-6;3-1(4)2(5)6/h1-5H2;(H,3,4)(H,5,6). The SMILES string of the molecule is O=C(O)C(=O)O.O=C1CCCCC1. The molecule has 0 radical (unpaired) electrons. The second kappa shape index (κ2) is 6.16. The maximum atomic E-state index is 10.5. The average molecular weight is 188 g/mol. The predicted octanol–water partition coefficient (Wildman–Crippen LogP) is 0.675. The van der Waals surface area contributed by atoms with Crippen LogP contribution in [0.3, 0.4) is 0 Å². The summed E-state index contributed by atoms with van der Waals surface area (Å²) in [6.45, 7) is 0. The smallest absolute Gasteiger partial charge is 0.414 e. The van der Waals surface area contributed by atoms with E-state index in [2.05, 4.69) is 0 Å². The molecule has 2 N–H and O–H groups in total. The number of hydrogen-bond donors (Lipinski definition) is 2. The summed E-state index contributed by atoms with van der Waals surface area (Å²) in [6, 6.07) is 0. The Balaban J connectivity index is 0.000000226. The number of carboxylic acid groups (broad SMARTS) is 2. The van der Waals surface area contributed by atoms with Gasteiger partial charge in [0, 0.05) is 12.8 Å². The summed E-state index contributed by atoms with van der Waals surface area (Å²) < 4.78 is 0. The Morgan fingerprint density at radius 2 is 1.31 bits per heavy atom. The van der Waals surface area contributed by atoms with Crippen LogP contribution >= 0.6 is 0 Å². The Hall–Kier alpha value is -1.39. The average Bonchev–Trinajstić information content (AvgIpc) is 2.06. The fraction of sp³-hybridized carbons (Fsp3) is 0.625. The van der Waals surface area contributed by atoms with Crippen molar-refractivity contribution < 1.29 is 24.6 Å². The van der Waals surface area contributed by atoms with Gasteiger partial charge in [0.15, 0.2) is 0 Å². The van der Waals surface area contributed by atoms with E-state index >= 15 is 0 Å². The third-order valence-electron chi connectivity index (χ3n) is 1.59. The second-order valence-electron chi connectivity index (χ2n) is 2.71. The molecule has 0 amide bonds. The van der Waals surface area contributed by atoms with Gasteiger partial charge in [-0.15, -0.1) is 0 Å². The molecule has 0 saturated heterocycles. The maximum absolute atomic E-state index is 10.5. The van der Waals surface area contributed by atoms with Gasteiger partial charge in [0.25, 0.3) is 0 Å². The van der Waals surface area contributed by atoms with E-state index < -0.39 is 11.9 Å². The lowest BCUT2D eigenvalue weighted by Crippen LogP contribution is -2.09. The largest absolute Gasteiger partial charge is 0.473 e. The van der Waals surface area contributed by atoms with Gasteiger partial charge in [0.05, 0.1) is 0 Å². The minimum Gasteiger partial charge on any atom is -0.473 e. The molecule has 0 heterocycles. The topological polar surface area (TPSA) is 91.7 Å². The van der Waals surface area contributed by atoms with Gasteiger partial charge in [-0.25, -0.2) is 9.59 Å². The van der Waals surface area contributed by atoms with Gasteiger partial charge in [-0.1, -0.05) is 6.42 Å². The molecule has 13 heavy (non-hydrogen) atoms. The number of carbonyl (C=O) groups excluding carboxylic acids is 1. The molecule has 0 aromatic carbocycles. The molecule has 1 fully saturated rings. The van der Waals surface area contributed by atoms with E-state index in [-0.39, 0.29) is 0 Å². The van der Waals surface area contributed by atoms with Crippen LogP contribution in [0.2, 0.25) is 0 Å². The van der Waals surface area contributed by atoms with E-state index in [1.165, 1.54) is 6.42 Å². The number of rotatable bonds is 0. The van der Waals surface area contributed by atoms with Crippen molar-refractivity contribution in [2.24, 2.45) is 0 Å². The highest BCUT2D eigenvalue weighted by atomic mass is 16.4. The summed E-state index contributed by atoms with van der Waals surface area (Å²) in [5, 5.41) is 14.8. The van der Waals surface area contributed by atoms with E-state index in [1.54, 1.807) is 0 Å². The predicted molar refractivity (Wildman–Crippen MR) is 43.4 cm³/mol. The zero-order valence-electron chi connectivity index (χ0n) is 7.15. The first-order valence-electron chi connectivity index (χ1n) is 4.02. The van der Waals surface area contributed by atoms with Crippen molar-refractivity contribution in [1.82, 2.24) is 0 Å². The Morgan fingerprint density at radius 1 is 0.923 bits per heavy atom. The molecule has 1 rings (SSSR count). The van der Waals surface area contributed by atoms with Gasteiger partial charge in [-0.3, -0.25) is 4.79 Å². The maximum Gasteiger partial charge on any atom is 0.414 e. The Kier molecular flexibility index (Phi) is 5.50. The first-order chi connectivity index (χ1) is 6.04. The van der Waals surface area contributed by atoms with Crippen molar-refractivity contribution in [3.05, 3.63) is 0 Å². The summed E-state index contributed by atoms with van der Waals surface area (Å²) in [5.74, 6) is -3.18. The van der Waals surface area contributed by atoms with Crippen LogP contribution in [0.4, 0.5) is 0 Å². The van der Waals surface area contributed by atoms with Crippen molar-refractivity contribution in [2.45, 2.75) is 32.1 Å². The first-order valence-corrected chi connectivity index (χ1v) is 4.02. The van der Waals surface area contributed by atoms with Crippen molar-refractivity contribution >= 4 is 17.7 Å². The summed E-state index contributed by atoms with van der Waals surface area (Å²) >= 11 is 0. The monoisotopic (exact) mass is 188 g/mol. The number of aliphatic carboxylic acids is 2. The van der Waals surface area contributed by atoms with Crippen molar-refractivity contribution in [1.29, 1.82) is 0 Å². The fourth-order valence-electron chi connectivity index (χ4n) is 0.946. The van der Waals surface area contributed by atoms with Crippen molar-refractivity contribution in [2.75, 3.05) is 0 Å². The van der Waals surface area contributed by atoms with Crippen LogP contribution in [0.25, 0.3) is 0 Å². The second-order valence-corrected chi connectivity index (χ2v) is 2.71. The minimum absolute atomic E-state index is 0.464. The molecule has 0 unspecified atom stereocenters. The zero-order chi connectivity index (χ0) is 10.3. The minimum atomic E-state index is -1.82. The molecule has 0 aromatic heterocycles. The summed E-state index contributed by atoms with van der Waals surface area (Å²) in [6.07, 6.45) is 5.24. The molecule has 1 aliphatic carbocycles. The number of carbonyl (C=O) groups is 3. The van der Waals surface area contributed by atoms with Gasteiger partial charge in [0.2, 0.25) is 0 Å². The molecule has 0 aliphatic heterocycles. The lowest BCUT2D eigenvalue weighted by atomic mass is 10.00. The first kappa shape index (κ1) is 11.6. The molecule has 74 valence electrons. The molecule has 5 heteroatoms. The molecular weight excluding hydrogens is 176 g/mol. The Morgan fingerprint density at radius 3 is 1.46 bits per heavy atom. The molecule has 5 nitrogen and oxygen atoms in total. The van der Waals surface area contributed by atoms with E-state index in [0.29, 0.717) is 5.78 Å². The molecule has 1 aliphatic rings. The summed E-state index contributed by atoms with van der Waals surface area (Å²) in [4.78, 5) is 28.7. The number of carboxylic acids is 2. The van der Waals surface area contributed by atoms with Gasteiger partial charge < -0.3 is 10.2 Å². The molecule has 0 atom stereocenters. The quantitative estimate of drug-likeness (QED) is 0.545. The van der Waals surface area contributed by atoms with Crippen LogP contribution in [0.1, 0.15) is 32.1 Å². The van der Waals surface area contributed by atoms with Crippen LogP contribution in [0.5, 0.6) is 0 Å². The van der Waals surface area contributed by atoms with Gasteiger partial charge >= 0.3 is 11.9 Å². The van der Waals surface area contributed by atoms with Crippen LogP contribution in [0.15, 0.2) is 0 Å². The highest BCUT2D eigenvalue weighted by Crippen LogP contribution is 2.12. The third-order valence-corrected chi connectivity index (χ3v) is 1.59.